The molecule has 18 nitrogen and oxygen atoms in total. The smallest absolute Gasteiger partial charge is 0.790 e. The average molecular weight is 515 g/mol. The van der Waals surface area contributed by atoms with Crippen LogP contribution in [0.15, 0.2) is 12.7 Å². The second-order valence-corrected chi connectivity index (χ2v) is 10.2. The van der Waals surface area contributed by atoms with Crippen molar-refractivity contribution in [1.29, 1.82) is 0 Å². The molecule has 3 heterocycles. The SMILES string of the molecule is Nc1ncnc2c1ncn2[C@@H]1O[C@H](COP(=O)([O-])OP(=O)([O-])OP(=O)([O-])[O-])[C@@H](O)[C@H]1O.[C+4]. The summed E-state index contributed by atoms with van der Waals surface area (Å²) in [6, 6.07) is 0. The van der Waals surface area contributed by atoms with Gasteiger partial charge in [0.25, 0.3) is 15.6 Å². The van der Waals surface area contributed by atoms with Crippen LogP contribution >= 0.6 is 23.5 Å². The fourth-order valence-electron chi connectivity index (χ4n) is 2.60. The minimum Gasteiger partial charge on any atom is -0.790 e. The van der Waals surface area contributed by atoms with Gasteiger partial charge in [-0.3, -0.25) is 18.0 Å². The monoisotopic (exact) mass is 515 g/mol. The Morgan fingerprint density at radius 1 is 1.06 bits per heavy atom. The number of hydrogen-bond donors (Lipinski definition) is 3. The number of phosphoric ester groups is 1. The van der Waals surface area contributed by atoms with Crippen molar-refractivity contribution in [2.45, 2.75) is 24.5 Å². The molecule has 2 aromatic heterocycles. The zero-order valence-electron chi connectivity index (χ0n) is 15.3. The molecule has 0 aliphatic carbocycles. The molecule has 1 saturated heterocycles. The molecule has 1 fully saturated rings. The molecule has 6 atom stereocenters. The topological polar surface area (TPSA) is 290 Å². The van der Waals surface area contributed by atoms with E-state index in [9.17, 15) is 43.5 Å². The van der Waals surface area contributed by atoms with E-state index in [-0.39, 0.29) is 24.4 Å². The molecule has 32 heavy (non-hydrogen) atoms. The summed E-state index contributed by atoms with van der Waals surface area (Å²) in [5, 5.41) is 20.3. The fourth-order valence-corrected chi connectivity index (χ4v) is 5.47. The van der Waals surface area contributed by atoms with Gasteiger partial charge in [-0.25, -0.2) is 19.3 Å². The van der Waals surface area contributed by atoms with E-state index in [1.54, 1.807) is 0 Å². The first-order chi connectivity index (χ1) is 14.2. The summed E-state index contributed by atoms with van der Waals surface area (Å²) in [7, 11) is -18.1. The first kappa shape index (κ1) is 26.9. The van der Waals surface area contributed by atoms with Crippen LogP contribution in [0.4, 0.5) is 5.82 Å². The quantitative estimate of drug-likeness (QED) is 0.282. The third kappa shape index (κ3) is 6.15. The molecule has 1 aliphatic rings. The molecule has 1 aliphatic heterocycles. The minimum atomic E-state index is -6.14. The third-order valence-electron chi connectivity index (χ3n) is 3.80. The number of fused-ring (bicyclic) bond motifs is 1. The van der Waals surface area contributed by atoms with Gasteiger partial charge in [-0.15, -0.1) is 0 Å². The van der Waals surface area contributed by atoms with Crippen LogP contribution in [0, 0.1) is 7.43 Å². The molecule has 174 valence electrons. The van der Waals surface area contributed by atoms with Gasteiger partial charge >= 0.3 is 7.43 Å². The first-order valence-corrected chi connectivity index (χ1v) is 12.2. The van der Waals surface area contributed by atoms with Crippen LogP contribution in [0.1, 0.15) is 6.23 Å². The van der Waals surface area contributed by atoms with Gasteiger partial charge in [-0.2, -0.15) is 0 Å². The molecule has 0 radical (unpaired) electrons. The Balaban J connectivity index is 0.00000363. The molecule has 0 saturated carbocycles. The van der Waals surface area contributed by atoms with Crippen LogP contribution in [0.2, 0.25) is 0 Å². The maximum atomic E-state index is 11.6. The zero-order valence-corrected chi connectivity index (χ0v) is 17.9. The van der Waals surface area contributed by atoms with Gasteiger partial charge in [0, 0.05) is 0 Å². The average Bonchev–Trinajstić information content (AvgIpc) is 3.13. The second-order valence-electron chi connectivity index (χ2n) is 5.93. The Morgan fingerprint density at radius 2 is 1.72 bits per heavy atom. The molecule has 0 bridgehead atoms. The second kappa shape index (κ2) is 9.48. The minimum absolute atomic E-state index is 0. The largest absolute Gasteiger partial charge is 4.00 e. The number of aliphatic hydroxyl groups excluding tert-OH is 2. The Kier molecular flexibility index (Phi) is 7.97. The number of nitrogens with zero attached hydrogens (tertiary/aromatic N) is 4. The van der Waals surface area contributed by atoms with E-state index in [0.717, 1.165) is 12.7 Å². The van der Waals surface area contributed by atoms with Gasteiger partial charge < -0.3 is 49.3 Å². The molecule has 2 unspecified atom stereocenters. The van der Waals surface area contributed by atoms with E-state index in [4.69, 9.17) is 10.5 Å². The maximum Gasteiger partial charge on any atom is 4.00 e. The van der Waals surface area contributed by atoms with Crippen molar-refractivity contribution in [1.82, 2.24) is 19.5 Å². The van der Waals surface area contributed by atoms with E-state index in [0.29, 0.717) is 0 Å². The number of anilines is 1. The number of nitrogen functional groups attached to an aromatic ring is 1. The van der Waals surface area contributed by atoms with Crippen molar-refractivity contribution in [3.05, 3.63) is 20.1 Å². The third-order valence-corrected chi connectivity index (χ3v) is 7.46. The summed E-state index contributed by atoms with van der Waals surface area (Å²) in [5.41, 5.74) is 5.92. The molecule has 4 N–H and O–H groups in total. The number of ether oxygens (including phenoxy) is 1. The first-order valence-electron chi connectivity index (χ1n) is 7.85. The summed E-state index contributed by atoms with van der Waals surface area (Å²) in [6.07, 6.45) is -3.99. The maximum absolute atomic E-state index is 11.6. The van der Waals surface area contributed by atoms with Crippen LogP contribution in [0.5, 0.6) is 0 Å². The van der Waals surface area contributed by atoms with Crippen molar-refractivity contribution < 1.29 is 61.4 Å². The predicted octanol–water partition coefficient (Wildman–Crippen LogP) is -4.08. The number of phosphoric acid groups is 3. The van der Waals surface area contributed by atoms with Crippen molar-refractivity contribution in [2.75, 3.05) is 12.3 Å². The van der Waals surface area contributed by atoms with Crippen LogP contribution in [0.25, 0.3) is 11.2 Å². The van der Waals surface area contributed by atoms with E-state index < -0.39 is 54.6 Å². The van der Waals surface area contributed by atoms with Crippen molar-refractivity contribution in [3.8, 4) is 0 Å². The Hall–Kier alpha value is -1.36. The number of rotatable bonds is 8. The van der Waals surface area contributed by atoms with Crippen LogP contribution < -0.4 is 25.3 Å². The Labute approximate surface area is 179 Å². The normalized spacial score (nSPS) is 27.6. The predicted molar refractivity (Wildman–Crippen MR) is 89.8 cm³/mol. The Morgan fingerprint density at radius 3 is 2.34 bits per heavy atom. The number of imidazole rings is 1. The molecule has 0 amide bonds. The van der Waals surface area contributed by atoms with E-state index >= 15 is 0 Å². The molecule has 2 aromatic rings. The van der Waals surface area contributed by atoms with Crippen molar-refractivity contribution >= 4 is 40.4 Å². The van der Waals surface area contributed by atoms with Gasteiger partial charge in [0.1, 0.15) is 30.2 Å². The summed E-state index contributed by atoms with van der Waals surface area (Å²) < 4.78 is 50.2. The molecule has 0 spiro atoms. The van der Waals surface area contributed by atoms with Crippen LogP contribution in [0.3, 0.4) is 0 Å². The molecule has 3 rings (SSSR count). The van der Waals surface area contributed by atoms with Gasteiger partial charge in [-0.05, 0) is 0 Å². The van der Waals surface area contributed by atoms with Gasteiger partial charge in [0.05, 0.1) is 20.8 Å². The standard InChI is InChI=1S/C10H16N5O13P3.C/c11-8-5-9(13-2-12-8)15(3-14-5)10-7(17)6(16)4(26-10)1-25-30(21,22)28-31(23,24)27-29(18,19)20;/h2-4,6-7,10,16-17H,1H2,(H,21,22)(H,23,24)(H2,11,12,13)(H2,18,19,20);/q;+4/p-4/t4-,6-,7-,10-;/m1./s1. The van der Waals surface area contributed by atoms with Crippen molar-refractivity contribution in [2.24, 2.45) is 0 Å². The van der Waals surface area contributed by atoms with E-state index in [1.165, 1.54) is 4.57 Å². The summed E-state index contributed by atoms with van der Waals surface area (Å²) in [6.45, 7) is -1.08. The van der Waals surface area contributed by atoms with Gasteiger partial charge in [-0.1, -0.05) is 0 Å². The Bertz CT molecular complexity index is 1110. The van der Waals surface area contributed by atoms with Gasteiger partial charge in [0.15, 0.2) is 17.7 Å². The van der Waals surface area contributed by atoms with E-state index in [1.807, 2.05) is 0 Å². The fraction of sp³-hybridized carbons (Fsp3) is 0.455. The molecular formula is C11H12N5O13P3. The van der Waals surface area contributed by atoms with Crippen molar-refractivity contribution in [3.63, 3.8) is 0 Å². The summed E-state index contributed by atoms with van der Waals surface area (Å²) in [5.74, 6) is 0.0195. The number of hydrogen-bond acceptors (Lipinski definition) is 17. The number of nitrogens with two attached hydrogens (primary N) is 1. The molecular weight excluding hydrogens is 503 g/mol. The van der Waals surface area contributed by atoms with E-state index in [2.05, 4.69) is 28.1 Å². The number of aromatic nitrogens is 4. The van der Waals surface area contributed by atoms with Crippen LogP contribution in [-0.2, 0) is 31.6 Å². The van der Waals surface area contributed by atoms with Gasteiger partial charge in [0.2, 0.25) is 0 Å². The number of aliphatic hydroxyl groups is 2. The molecule has 21 heteroatoms. The summed E-state index contributed by atoms with van der Waals surface area (Å²) in [4.78, 5) is 54.9. The molecule has 0 aromatic carbocycles. The summed E-state index contributed by atoms with van der Waals surface area (Å²) >= 11 is 0. The van der Waals surface area contributed by atoms with Crippen LogP contribution in [-0.4, -0.2) is 54.7 Å². The zero-order chi connectivity index (χ0) is 23.2.